The fraction of sp³-hybridized carbons (Fsp3) is 0.125. The molecule has 1 nitrogen and oxygen atoms in total. The maximum Gasteiger partial charge on any atom is 0.134 e. The third-order valence-electron chi connectivity index (χ3n) is 2.99. The number of hydrogen-bond acceptors (Lipinski definition) is 1. The van der Waals surface area contributed by atoms with E-state index in [-0.39, 0.29) is 0 Å². The summed E-state index contributed by atoms with van der Waals surface area (Å²) in [5.41, 5.74) is 2.42. The van der Waals surface area contributed by atoms with Gasteiger partial charge in [-0.25, -0.2) is 0 Å². The van der Waals surface area contributed by atoms with Crippen molar-refractivity contribution < 1.29 is 4.42 Å². The molecule has 1 heterocycles. The summed E-state index contributed by atoms with van der Waals surface area (Å²) in [6, 6.07) is 14.3. The highest BCUT2D eigenvalue weighted by atomic mass is 16.3. The van der Waals surface area contributed by atoms with Gasteiger partial charge in [-0.3, -0.25) is 0 Å². The Labute approximate surface area is 101 Å². The molecule has 0 atom stereocenters. The Morgan fingerprint density at radius 1 is 0.882 bits per heavy atom. The van der Waals surface area contributed by atoms with Gasteiger partial charge in [0.2, 0.25) is 0 Å². The Bertz CT molecular complexity index is 558. The van der Waals surface area contributed by atoms with Gasteiger partial charge in [0.05, 0.1) is 0 Å². The maximum absolute atomic E-state index is 5.91. The zero-order valence-electron chi connectivity index (χ0n) is 9.60. The van der Waals surface area contributed by atoms with Crippen LogP contribution in [0.2, 0.25) is 0 Å². The van der Waals surface area contributed by atoms with Crippen LogP contribution in [-0.4, -0.2) is 0 Å². The Kier molecular flexibility index (Phi) is 2.66. The van der Waals surface area contributed by atoms with E-state index >= 15 is 0 Å². The molecule has 1 heteroatoms. The van der Waals surface area contributed by atoms with E-state index in [2.05, 4.69) is 36.4 Å². The van der Waals surface area contributed by atoms with Gasteiger partial charge >= 0.3 is 0 Å². The standard InChI is InChI=1S/C16H14O/c1-3-7-13(8-4-1)15-11-12-16(17-15)14-9-5-2-6-10-14/h1-5,7-9,11-12H,6,10H2. The van der Waals surface area contributed by atoms with Gasteiger partial charge in [-0.1, -0.05) is 48.6 Å². The van der Waals surface area contributed by atoms with Crippen LogP contribution in [0, 0.1) is 0 Å². The lowest BCUT2D eigenvalue weighted by atomic mass is 10.0. The fourth-order valence-electron chi connectivity index (χ4n) is 2.08. The zero-order valence-corrected chi connectivity index (χ0v) is 9.60. The van der Waals surface area contributed by atoms with Crippen molar-refractivity contribution in [1.29, 1.82) is 0 Å². The van der Waals surface area contributed by atoms with Crippen molar-refractivity contribution >= 4 is 5.57 Å². The van der Waals surface area contributed by atoms with Crippen LogP contribution in [0.3, 0.4) is 0 Å². The summed E-state index contributed by atoms with van der Waals surface area (Å²) in [5, 5.41) is 0. The number of hydrogen-bond donors (Lipinski definition) is 0. The molecule has 2 aromatic rings. The molecule has 84 valence electrons. The van der Waals surface area contributed by atoms with Crippen LogP contribution in [0.1, 0.15) is 18.6 Å². The minimum Gasteiger partial charge on any atom is -0.456 e. The first-order chi connectivity index (χ1) is 8.43. The van der Waals surface area contributed by atoms with Crippen LogP contribution >= 0.6 is 0 Å². The summed E-state index contributed by atoms with van der Waals surface area (Å²) >= 11 is 0. The van der Waals surface area contributed by atoms with Gasteiger partial charge in [0.15, 0.2) is 0 Å². The molecular weight excluding hydrogens is 208 g/mol. The van der Waals surface area contributed by atoms with Gasteiger partial charge in [-0.15, -0.1) is 0 Å². The van der Waals surface area contributed by atoms with Crippen molar-refractivity contribution in [1.82, 2.24) is 0 Å². The van der Waals surface area contributed by atoms with Gasteiger partial charge in [0.25, 0.3) is 0 Å². The van der Waals surface area contributed by atoms with E-state index in [0.29, 0.717) is 0 Å². The molecule has 0 saturated carbocycles. The van der Waals surface area contributed by atoms with Gasteiger partial charge < -0.3 is 4.42 Å². The van der Waals surface area contributed by atoms with E-state index in [9.17, 15) is 0 Å². The van der Waals surface area contributed by atoms with E-state index in [1.165, 1.54) is 5.57 Å². The molecule has 1 aromatic carbocycles. The smallest absolute Gasteiger partial charge is 0.134 e. The van der Waals surface area contributed by atoms with Crippen molar-refractivity contribution in [2.75, 3.05) is 0 Å². The zero-order chi connectivity index (χ0) is 11.5. The number of rotatable bonds is 2. The minimum atomic E-state index is 0.941. The summed E-state index contributed by atoms with van der Waals surface area (Å²) in [5.74, 6) is 1.93. The summed E-state index contributed by atoms with van der Waals surface area (Å²) in [6.45, 7) is 0. The average Bonchev–Trinajstić information content (AvgIpc) is 2.90. The summed E-state index contributed by atoms with van der Waals surface area (Å²) in [4.78, 5) is 0. The van der Waals surface area contributed by atoms with Gasteiger partial charge in [0, 0.05) is 5.56 Å². The minimum absolute atomic E-state index is 0.941. The average molecular weight is 222 g/mol. The second-order valence-corrected chi connectivity index (χ2v) is 4.19. The number of benzene rings is 1. The molecule has 0 fully saturated rings. The molecule has 17 heavy (non-hydrogen) atoms. The molecule has 3 rings (SSSR count). The highest BCUT2D eigenvalue weighted by Crippen LogP contribution is 2.29. The van der Waals surface area contributed by atoms with Crippen molar-refractivity contribution in [2.24, 2.45) is 0 Å². The van der Waals surface area contributed by atoms with Crippen molar-refractivity contribution in [3.63, 3.8) is 0 Å². The summed E-state index contributed by atoms with van der Waals surface area (Å²) < 4.78 is 5.91. The normalized spacial score (nSPS) is 14.7. The van der Waals surface area contributed by atoms with Crippen LogP contribution < -0.4 is 0 Å². The highest BCUT2D eigenvalue weighted by Gasteiger charge is 2.09. The lowest BCUT2D eigenvalue weighted by Crippen LogP contribution is -1.84. The molecule has 0 saturated heterocycles. The third-order valence-corrected chi connectivity index (χ3v) is 2.99. The Hall–Kier alpha value is -2.02. The SMILES string of the molecule is C1=CCCC(c2ccc(-c3ccccc3)o2)=C1. The molecule has 0 aliphatic heterocycles. The molecule has 0 unspecified atom stereocenters. The first-order valence-electron chi connectivity index (χ1n) is 5.95. The van der Waals surface area contributed by atoms with E-state index < -0.39 is 0 Å². The Morgan fingerprint density at radius 3 is 2.47 bits per heavy atom. The number of allylic oxidation sites excluding steroid dienone is 4. The Balaban J connectivity index is 1.93. The predicted octanol–water partition coefficient (Wildman–Crippen LogP) is 4.68. The quantitative estimate of drug-likeness (QED) is 0.719. The van der Waals surface area contributed by atoms with Crippen molar-refractivity contribution in [3.8, 4) is 11.3 Å². The molecule has 1 aliphatic rings. The molecule has 0 amide bonds. The fourth-order valence-corrected chi connectivity index (χ4v) is 2.08. The van der Waals surface area contributed by atoms with Crippen LogP contribution in [0.5, 0.6) is 0 Å². The van der Waals surface area contributed by atoms with E-state index in [4.69, 9.17) is 4.42 Å². The molecule has 1 aromatic heterocycles. The predicted molar refractivity (Wildman–Crippen MR) is 70.5 cm³/mol. The van der Waals surface area contributed by atoms with E-state index in [1.54, 1.807) is 0 Å². The highest BCUT2D eigenvalue weighted by molar-refractivity contribution is 5.67. The second kappa shape index (κ2) is 4.46. The van der Waals surface area contributed by atoms with Crippen molar-refractivity contribution in [3.05, 3.63) is 66.5 Å². The molecule has 1 aliphatic carbocycles. The summed E-state index contributed by atoms with van der Waals surface area (Å²) in [6.07, 6.45) is 8.59. The first-order valence-corrected chi connectivity index (χ1v) is 5.95. The van der Waals surface area contributed by atoms with Gasteiger partial charge in [-0.05, 0) is 30.5 Å². The van der Waals surface area contributed by atoms with Crippen molar-refractivity contribution in [2.45, 2.75) is 12.8 Å². The molecule has 0 N–H and O–H groups in total. The lowest BCUT2D eigenvalue weighted by Gasteiger charge is -2.05. The third kappa shape index (κ3) is 2.09. The first kappa shape index (κ1) is 10.2. The molecule has 0 radical (unpaired) electrons. The van der Waals surface area contributed by atoms with Crippen LogP contribution in [0.15, 0.2) is 65.1 Å². The van der Waals surface area contributed by atoms with Gasteiger partial charge in [0.1, 0.15) is 11.5 Å². The molecule has 0 bridgehead atoms. The Morgan fingerprint density at radius 2 is 1.71 bits per heavy atom. The lowest BCUT2D eigenvalue weighted by molar-refractivity contribution is 0.564. The maximum atomic E-state index is 5.91. The van der Waals surface area contributed by atoms with E-state index in [0.717, 1.165) is 29.9 Å². The van der Waals surface area contributed by atoms with E-state index in [1.807, 2.05) is 24.3 Å². The molecular formula is C16H14O. The number of furan rings is 1. The van der Waals surface area contributed by atoms with Crippen LogP contribution in [-0.2, 0) is 0 Å². The molecule has 0 spiro atoms. The summed E-state index contributed by atoms with van der Waals surface area (Å²) in [7, 11) is 0. The van der Waals surface area contributed by atoms with Crippen LogP contribution in [0.25, 0.3) is 16.9 Å². The van der Waals surface area contributed by atoms with Gasteiger partial charge in [-0.2, -0.15) is 0 Å². The monoisotopic (exact) mass is 222 g/mol. The largest absolute Gasteiger partial charge is 0.456 e. The van der Waals surface area contributed by atoms with Crippen LogP contribution in [0.4, 0.5) is 0 Å². The second-order valence-electron chi connectivity index (χ2n) is 4.19. The topological polar surface area (TPSA) is 13.1 Å².